The van der Waals surface area contributed by atoms with Crippen LogP contribution in [0.1, 0.15) is 40.7 Å². The molecule has 0 amide bonds. The summed E-state index contributed by atoms with van der Waals surface area (Å²) in [5, 5.41) is 4.32. The zero-order valence-electron chi connectivity index (χ0n) is 20.9. The maximum atomic E-state index is 13.4. The Morgan fingerprint density at radius 2 is 1.35 bits per heavy atom. The summed E-state index contributed by atoms with van der Waals surface area (Å²) in [7, 11) is 0. The minimum Gasteiger partial charge on any atom is -1.00 e. The van der Waals surface area contributed by atoms with E-state index in [4.69, 9.17) is 0 Å². The van der Waals surface area contributed by atoms with Gasteiger partial charge in [0.15, 0.2) is 0 Å². The molecular weight excluding hydrogens is 511 g/mol. The highest BCUT2D eigenvalue weighted by Crippen LogP contribution is 2.09. The van der Waals surface area contributed by atoms with Gasteiger partial charge in [-0.05, 0) is 42.3 Å². The molecule has 0 aliphatic carbocycles. The molecule has 3 heterocycles. The number of hydrogen-bond donors (Lipinski definition) is 2. The normalized spacial score (nSPS) is 15.2. The molecule has 0 atom stereocenters. The first-order chi connectivity index (χ1) is 17.1. The first kappa shape index (κ1) is 28.5. The molecule has 5 rings (SSSR count). The molecule has 0 saturated heterocycles. The number of aryl methyl sites for hydroxylation is 1. The minimum atomic E-state index is -0.306. The Morgan fingerprint density at radius 1 is 0.811 bits per heavy atom. The molecule has 2 aliphatic heterocycles. The number of amidine groups is 2. The second-order valence-corrected chi connectivity index (χ2v) is 9.24. The smallest absolute Gasteiger partial charge is 0.331 e. The summed E-state index contributed by atoms with van der Waals surface area (Å²) >= 11 is 0. The summed E-state index contributed by atoms with van der Waals surface area (Å²) < 4.78 is 2.97. The van der Waals surface area contributed by atoms with Crippen LogP contribution < -0.4 is 46.7 Å². The summed E-state index contributed by atoms with van der Waals surface area (Å²) in [5.41, 5.74) is 4.00. The van der Waals surface area contributed by atoms with Crippen molar-refractivity contribution >= 4 is 11.7 Å². The molecular formula is C27H32Cl2N6O2. The Kier molecular flexibility index (Phi) is 10.00. The summed E-state index contributed by atoms with van der Waals surface area (Å²) in [5.74, 6) is 2.01. The van der Waals surface area contributed by atoms with Gasteiger partial charge in [-0.1, -0.05) is 24.3 Å². The maximum absolute atomic E-state index is 13.4. The zero-order chi connectivity index (χ0) is 24.2. The van der Waals surface area contributed by atoms with Crippen molar-refractivity contribution in [2.75, 3.05) is 26.2 Å². The van der Waals surface area contributed by atoms with E-state index in [2.05, 4.69) is 32.8 Å². The van der Waals surface area contributed by atoms with Crippen LogP contribution in [0.3, 0.4) is 0 Å². The van der Waals surface area contributed by atoms with E-state index in [0.29, 0.717) is 12.1 Å². The molecule has 1 aromatic heterocycles. The van der Waals surface area contributed by atoms with Gasteiger partial charge in [0, 0.05) is 24.6 Å². The van der Waals surface area contributed by atoms with Crippen LogP contribution in [0.5, 0.6) is 0 Å². The SMILES string of the molecule is Cc1cn(Cc2cccc(C3=NCCC[NH2+]3)c2)c(=O)n(Cc2cccc(C3=NCCC[NH2+]3)c2)c1=O.[Cl-].[Cl-]. The van der Waals surface area contributed by atoms with Crippen molar-refractivity contribution in [3.05, 3.63) is 103 Å². The average Bonchev–Trinajstić information content (AvgIpc) is 2.91. The van der Waals surface area contributed by atoms with Gasteiger partial charge < -0.3 is 24.8 Å². The fourth-order valence-corrected chi connectivity index (χ4v) is 4.70. The second kappa shape index (κ2) is 13.0. The van der Waals surface area contributed by atoms with Crippen LogP contribution >= 0.6 is 0 Å². The third kappa shape index (κ3) is 6.64. The molecule has 0 unspecified atom stereocenters. The Labute approximate surface area is 228 Å². The molecule has 196 valence electrons. The van der Waals surface area contributed by atoms with Gasteiger partial charge in [0.25, 0.3) is 5.56 Å². The highest BCUT2D eigenvalue weighted by Gasteiger charge is 2.15. The Bertz CT molecular complexity index is 1430. The molecule has 4 N–H and O–H groups in total. The minimum absolute atomic E-state index is 0. The average molecular weight is 543 g/mol. The van der Waals surface area contributed by atoms with E-state index in [1.165, 1.54) is 4.57 Å². The molecule has 2 aliphatic rings. The third-order valence-corrected chi connectivity index (χ3v) is 6.51. The van der Waals surface area contributed by atoms with Crippen molar-refractivity contribution in [3.8, 4) is 0 Å². The third-order valence-electron chi connectivity index (χ3n) is 6.51. The van der Waals surface area contributed by atoms with Crippen LogP contribution in [0, 0.1) is 6.92 Å². The number of halogens is 2. The van der Waals surface area contributed by atoms with Gasteiger partial charge in [0.2, 0.25) is 11.7 Å². The van der Waals surface area contributed by atoms with Crippen LogP contribution in [0.15, 0.2) is 74.3 Å². The van der Waals surface area contributed by atoms with Gasteiger partial charge >= 0.3 is 5.69 Å². The van der Waals surface area contributed by atoms with Crippen LogP contribution in [0.4, 0.5) is 0 Å². The predicted octanol–water partition coefficient (Wildman–Crippen LogP) is -6.15. The predicted molar refractivity (Wildman–Crippen MR) is 136 cm³/mol. The monoisotopic (exact) mass is 542 g/mol. The molecule has 3 aromatic rings. The zero-order valence-corrected chi connectivity index (χ0v) is 22.4. The lowest BCUT2D eigenvalue weighted by molar-refractivity contribution is -0.542. The molecule has 37 heavy (non-hydrogen) atoms. The van der Waals surface area contributed by atoms with Crippen molar-refractivity contribution in [1.29, 1.82) is 0 Å². The summed E-state index contributed by atoms with van der Waals surface area (Å²) in [6, 6.07) is 16.1. The van der Waals surface area contributed by atoms with E-state index in [9.17, 15) is 9.59 Å². The highest BCUT2D eigenvalue weighted by molar-refractivity contribution is 5.92. The maximum Gasteiger partial charge on any atom is 0.331 e. The molecule has 8 nitrogen and oxygen atoms in total. The first-order valence-corrected chi connectivity index (χ1v) is 12.3. The van der Waals surface area contributed by atoms with Crippen molar-refractivity contribution < 1.29 is 35.4 Å². The van der Waals surface area contributed by atoms with E-state index in [-0.39, 0.29) is 42.6 Å². The number of rotatable bonds is 6. The van der Waals surface area contributed by atoms with Gasteiger partial charge in [-0.2, -0.15) is 0 Å². The number of benzene rings is 2. The van der Waals surface area contributed by atoms with Crippen molar-refractivity contribution in [2.24, 2.45) is 9.98 Å². The fraction of sp³-hybridized carbons (Fsp3) is 0.333. The Morgan fingerprint density at radius 3 is 1.86 bits per heavy atom. The molecule has 0 spiro atoms. The molecule has 10 heteroatoms. The standard InChI is InChI=1S/C27H30N6O2.2ClH/c1-19-16-32(17-20-6-2-8-22(14-20)24-28-10-4-11-29-24)27(35)33(26(19)34)18-21-7-3-9-23(15-21)25-30-12-5-13-31-25;;/h2-3,6-9,14-16H,4-5,10-13,17-18H2,1H3,(H,28,29)(H,30,31);2*1H. The molecule has 0 fully saturated rings. The van der Waals surface area contributed by atoms with Gasteiger partial charge in [0.05, 0.1) is 50.4 Å². The molecule has 0 radical (unpaired) electrons. The number of hydrogen-bond acceptors (Lipinski definition) is 4. The van der Waals surface area contributed by atoms with E-state index in [1.54, 1.807) is 17.7 Å². The van der Waals surface area contributed by atoms with Crippen LogP contribution in [-0.4, -0.2) is 47.0 Å². The number of nitrogens with zero attached hydrogens (tertiary/aromatic N) is 4. The number of quaternary nitrogens is 2. The quantitative estimate of drug-likeness (QED) is 0.324. The van der Waals surface area contributed by atoms with Gasteiger partial charge in [-0.3, -0.25) is 24.6 Å². The number of aromatic nitrogens is 2. The van der Waals surface area contributed by atoms with Gasteiger partial charge in [-0.25, -0.2) is 14.8 Å². The fourth-order valence-electron chi connectivity index (χ4n) is 4.70. The Hall–Kier alpha value is -3.04. The lowest BCUT2D eigenvalue weighted by Crippen LogP contribution is -3.00. The summed E-state index contributed by atoms with van der Waals surface area (Å²) in [4.78, 5) is 35.6. The van der Waals surface area contributed by atoms with Crippen molar-refractivity contribution in [3.63, 3.8) is 0 Å². The molecule has 2 aromatic carbocycles. The summed E-state index contributed by atoms with van der Waals surface area (Å²) in [6.07, 6.45) is 3.84. The van der Waals surface area contributed by atoms with Crippen molar-refractivity contribution in [2.45, 2.75) is 32.9 Å². The van der Waals surface area contributed by atoms with Gasteiger partial charge in [-0.15, -0.1) is 0 Å². The lowest BCUT2D eigenvalue weighted by atomic mass is 10.1. The van der Waals surface area contributed by atoms with E-state index in [0.717, 1.165) is 72.9 Å². The summed E-state index contributed by atoms with van der Waals surface area (Å²) in [6.45, 7) is 6.14. The van der Waals surface area contributed by atoms with Gasteiger partial charge in [0.1, 0.15) is 0 Å². The lowest BCUT2D eigenvalue weighted by Gasteiger charge is -2.14. The van der Waals surface area contributed by atoms with Crippen LogP contribution in [0.2, 0.25) is 0 Å². The van der Waals surface area contributed by atoms with E-state index in [1.807, 2.05) is 36.4 Å². The topological polar surface area (TPSA) is 102 Å². The number of nitrogens with two attached hydrogens (primary N) is 2. The largest absolute Gasteiger partial charge is 1.00 e. The van der Waals surface area contributed by atoms with Crippen LogP contribution in [-0.2, 0) is 13.1 Å². The van der Waals surface area contributed by atoms with Crippen molar-refractivity contribution in [1.82, 2.24) is 9.13 Å². The van der Waals surface area contributed by atoms with E-state index < -0.39 is 0 Å². The highest BCUT2D eigenvalue weighted by atomic mass is 35.5. The Balaban J connectivity index is 0.00000190. The number of aliphatic imine (C=N–C) groups is 2. The second-order valence-electron chi connectivity index (χ2n) is 9.24. The van der Waals surface area contributed by atoms with E-state index >= 15 is 0 Å². The first-order valence-electron chi connectivity index (χ1n) is 12.3. The molecule has 0 bridgehead atoms. The van der Waals surface area contributed by atoms with Crippen LogP contribution in [0.25, 0.3) is 0 Å². The molecule has 0 saturated carbocycles.